The largest absolute Gasteiger partial charge is 0.109 e. The van der Waals surface area contributed by atoms with E-state index in [1.165, 1.54) is 0 Å². The zero-order chi connectivity index (χ0) is 6.41. The molecule has 0 saturated heterocycles. The van der Waals surface area contributed by atoms with Crippen LogP contribution in [-0.4, -0.2) is 14.3 Å². The standard InChI is InChI=1S/C6H12B2/c1-3-5-8(7)6-4-2/h3-4H,1-2,5-7H2. The van der Waals surface area contributed by atoms with Crippen molar-refractivity contribution in [3.63, 3.8) is 0 Å². The van der Waals surface area contributed by atoms with Crippen LogP contribution in [0.15, 0.2) is 25.3 Å². The van der Waals surface area contributed by atoms with Crippen molar-refractivity contribution in [3.05, 3.63) is 25.3 Å². The Morgan fingerprint density at radius 3 is 1.88 bits per heavy atom. The molecule has 0 N–H and O–H groups in total. The molecular formula is C6H12B2. The molecule has 0 nitrogen and oxygen atoms in total. The van der Waals surface area contributed by atoms with E-state index in [9.17, 15) is 0 Å². The van der Waals surface area contributed by atoms with Crippen molar-refractivity contribution in [1.29, 1.82) is 0 Å². The molecule has 0 aliphatic rings. The van der Waals surface area contributed by atoms with Crippen molar-refractivity contribution in [1.82, 2.24) is 0 Å². The van der Waals surface area contributed by atoms with Crippen molar-refractivity contribution in [2.45, 2.75) is 12.6 Å². The van der Waals surface area contributed by atoms with E-state index in [1.54, 1.807) is 0 Å². The van der Waals surface area contributed by atoms with Gasteiger partial charge in [-0.3, -0.25) is 0 Å². The first-order valence-electron chi connectivity index (χ1n) is 3.03. The smallest absolute Gasteiger partial charge is 0.104 e. The van der Waals surface area contributed by atoms with Gasteiger partial charge in [0, 0.05) is 0 Å². The molecule has 42 valence electrons. The molecule has 0 aliphatic heterocycles. The van der Waals surface area contributed by atoms with Gasteiger partial charge in [-0.2, -0.15) is 0 Å². The fourth-order valence-electron chi connectivity index (χ4n) is 0.665. The zero-order valence-electron chi connectivity index (χ0n) is 5.56. The molecule has 0 atom stereocenters. The topological polar surface area (TPSA) is 0 Å². The van der Waals surface area contributed by atoms with Crippen molar-refractivity contribution in [2.75, 3.05) is 0 Å². The van der Waals surface area contributed by atoms with Gasteiger partial charge in [0.25, 0.3) is 0 Å². The Hall–Kier alpha value is -0.390. The van der Waals surface area contributed by atoms with Gasteiger partial charge in [0.1, 0.15) is 6.60 Å². The second-order valence-corrected chi connectivity index (χ2v) is 2.15. The predicted molar refractivity (Wildman–Crippen MR) is 44.3 cm³/mol. The van der Waals surface area contributed by atoms with Crippen LogP contribution in [0.4, 0.5) is 0 Å². The zero-order valence-corrected chi connectivity index (χ0v) is 5.56. The van der Waals surface area contributed by atoms with E-state index in [2.05, 4.69) is 20.9 Å². The molecule has 0 rings (SSSR count). The van der Waals surface area contributed by atoms with Gasteiger partial charge in [0.2, 0.25) is 0 Å². The lowest BCUT2D eigenvalue weighted by Crippen LogP contribution is -2.08. The van der Waals surface area contributed by atoms with Gasteiger partial charge in [-0.15, -0.1) is 13.2 Å². The van der Waals surface area contributed by atoms with Gasteiger partial charge in [-0.1, -0.05) is 24.8 Å². The summed E-state index contributed by atoms with van der Waals surface area (Å²) in [4.78, 5) is 0. The molecule has 0 heterocycles. The van der Waals surface area contributed by atoms with Gasteiger partial charge in [0.05, 0.1) is 7.74 Å². The first kappa shape index (κ1) is 7.61. The lowest BCUT2D eigenvalue weighted by atomic mass is 9.29. The molecule has 0 aliphatic carbocycles. The van der Waals surface area contributed by atoms with Crippen LogP contribution >= 0.6 is 0 Å². The summed E-state index contributed by atoms with van der Waals surface area (Å²) in [6.45, 7) is 8.02. The summed E-state index contributed by atoms with van der Waals surface area (Å²) in [5.74, 6) is 0. The average Bonchev–Trinajstić information content (AvgIpc) is 1.68. The molecule has 0 saturated carbocycles. The Morgan fingerprint density at radius 2 is 1.62 bits per heavy atom. The van der Waals surface area contributed by atoms with Crippen LogP contribution in [0.1, 0.15) is 0 Å². The highest BCUT2D eigenvalue weighted by atomic mass is 13.6. The molecule has 0 amide bonds. The van der Waals surface area contributed by atoms with Crippen LogP contribution in [0.5, 0.6) is 0 Å². The van der Waals surface area contributed by atoms with E-state index >= 15 is 0 Å². The maximum Gasteiger partial charge on any atom is 0.109 e. The third-order valence-electron chi connectivity index (χ3n) is 1.14. The summed E-state index contributed by atoms with van der Waals surface area (Å²) < 4.78 is 0. The number of rotatable bonds is 4. The fraction of sp³-hybridized carbons (Fsp3) is 0.333. The fourth-order valence-corrected chi connectivity index (χ4v) is 0.665. The monoisotopic (exact) mass is 106 g/mol. The van der Waals surface area contributed by atoms with Crippen LogP contribution in [0.3, 0.4) is 0 Å². The van der Waals surface area contributed by atoms with Gasteiger partial charge in [-0.25, -0.2) is 0 Å². The Labute approximate surface area is 53.1 Å². The van der Waals surface area contributed by atoms with Gasteiger partial charge < -0.3 is 0 Å². The minimum Gasteiger partial charge on any atom is -0.104 e. The van der Waals surface area contributed by atoms with Crippen LogP contribution in [0.2, 0.25) is 12.6 Å². The molecule has 0 fully saturated rings. The van der Waals surface area contributed by atoms with Crippen LogP contribution in [-0.2, 0) is 0 Å². The van der Waals surface area contributed by atoms with E-state index in [4.69, 9.17) is 0 Å². The average molecular weight is 106 g/mol. The highest BCUT2D eigenvalue weighted by Crippen LogP contribution is 1.94. The SMILES string of the molecule is BB(CC=C)CC=C. The Bertz CT molecular complexity index is 68.6. The minimum absolute atomic E-state index is 0.727. The highest BCUT2D eigenvalue weighted by molar-refractivity contribution is 7.03. The lowest BCUT2D eigenvalue weighted by molar-refractivity contribution is 1.59. The van der Waals surface area contributed by atoms with Gasteiger partial charge in [0.15, 0.2) is 0 Å². The molecule has 0 spiro atoms. The Kier molecular flexibility index (Phi) is 4.53. The molecule has 0 bridgehead atoms. The van der Waals surface area contributed by atoms with Crippen molar-refractivity contribution < 1.29 is 0 Å². The summed E-state index contributed by atoms with van der Waals surface area (Å²) in [6, 6.07) is 0. The maximum atomic E-state index is 3.65. The lowest BCUT2D eigenvalue weighted by Gasteiger charge is -1.96. The van der Waals surface area contributed by atoms with E-state index in [1.807, 2.05) is 12.2 Å². The summed E-state index contributed by atoms with van der Waals surface area (Å²) in [5.41, 5.74) is 0. The van der Waals surface area contributed by atoms with Gasteiger partial charge in [-0.05, 0) is 0 Å². The first-order valence-corrected chi connectivity index (χ1v) is 3.03. The summed E-state index contributed by atoms with van der Waals surface area (Å²) >= 11 is 0. The second-order valence-electron chi connectivity index (χ2n) is 2.15. The van der Waals surface area contributed by atoms with Crippen molar-refractivity contribution in [3.8, 4) is 0 Å². The Morgan fingerprint density at radius 1 is 1.25 bits per heavy atom. The highest BCUT2D eigenvalue weighted by Gasteiger charge is 1.98. The third-order valence-corrected chi connectivity index (χ3v) is 1.14. The number of allylic oxidation sites excluding steroid dienone is 2. The first-order chi connectivity index (χ1) is 3.81. The van der Waals surface area contributed by atoms with Crippen LogP contribution in [0, 0.1) is 0 Å². The second kappa shape index (κ2) is 4.76. The van der Waals surface area contributed by atoms with Crippen molar-refractivity contribution in [2.24, 2.45) is 0 Å². The normalized spacial score (nSPS) is 8.00. The molecule has 0 radical (unpaired) electrons. The van der Waals surface area contributed by atoms with Crippen molar-refractivity contribution >= 4 is 14.3 Å². The quantitative estimate of drug-likeness (QED) is 0.370. The number of hydrogen-bond donors (Lipinski definition) is 0. The molecule has 0 aromatic heterocycles. The predicted octanol–water partition coefficient (Wildman–Crippen LogP) is 0.983. The van der Waals surface area contributed by atoms with E-state index in [-0.39, 0.29) is 0 Å². The minimum atomic E-state index is 0.727. The molecule has 0 aromatic rings. The maximum absolute atomic E-state index is 3.65. The summed E-state index contributed by atoms with van der Waals surface area (Å²) in [6.07, 6.45) is 6.11. The number of hydrogen-bond acceptors (Lipinski definition) is 0. The molecule has 0 unspecified atom stereocenters. The third kappa shape index (κ3) is 3.79. The van der Waals surface area contributed by atoms with E-state index < -0.39 is 0 Å². The van der Waals surface area contributed by atoms with Crippen LogP contribution in [0.25, 0.3) is 0 Å². The molecule has 8 heavy (non-hydrogen) atoms. The van der Waals surface area contributed by atoms with E-state index in [0.717, 1.165) is 19.2 Å². The van der Waals surface area contributed by atoms with Crippen LogP contribution < -0.4 is 0 Å². The molecular weight excluding hydrogens is 93.7 g/mol. The Balaban J connectivity index is 3.16. The molecule has 2 heteroatoms. The summed E-state index contributed by atoms with van der Waals surface area (Å²) in [7, 11) is 2.20. The summed E-state index contributed by atoms with van der Waals surface area (Å²) in [5, 5.41) is 0. The van der Waals surface area contributed by atoms with E-state index in [0.29, 0.717) is 0 Å². The molecule has 0 aromatic carbocycles. The van der Waals surface area contributed by atoms with Gasteiger partial charge >= 0.3 is 0 Å².